The summed E-state index contributed by atoms with van der Waals surface area (Å²) in [6.07, 6.45) is 0. The number of hydrogen-bond acceptors (Lipinski definition) is 4. The Hall–Kier alpha value is -1.43. The smallest absolute Gasteiger partial charge is 0.160 e. The van der Waals surface area contributed by atoms with Gasteiger partial charge in [-0.25, -0.2) is 9.97 Å². The van der Waals surface area contributed by atoms with Gasteiger partial charge in [0.1, 0.15) is 10.7 Å². The number of rotatable bonds is 3. The summed E-state index contributed by atoms with van der Waals surface area (Å²) in [5.74, 6) is 0.846. The van der Waals surface area contributed by atoms with Gasteiger partial charge in [0, 0.05) is 11.9 Å². The normalized spacial score (nSPS) is 13.0. The van der Waals surface area contributed by atoms with Gasteiger partial charge in [0.25, 0.3) is 0 Å². The molecule has 2 heterocycles. The zero-order valence-electron chi connectivity index (χ0n) is 11.3. The highest BCUT2D eigenvalue weighted by Gasteiger charge is 2.16. The van der Waals surface area contributed by atoms with Crippen molar-refractivity contribution in [1.82, 2.24) is 14.5 Å². The summed E-state index contributed by atoms with van der Waals surface area (Å²) in [5.41, 5.74) is 8.59. The third-order valence-corrected chi connectivity index (χ3v) is 4.52. The van der Waals surface area contributed by atoms with Crippen molar-refractivity contribution < 1.29 is 0 Å². The number of aryl methyl sites for hydroxylation is 1. The van der Waals surface area contributed by atoms with E-state index in [0.717, 1.165) is 34.1 Å². The number of aromatic nitrogens is 3. The van der Waals surface area contributed by atoms with E-state index in [9.17, 15) is 0 Å². The van der Waals surface area contributed by atoms with Gasteiger partial charge >= 0.3 is 0 Å². The fraction of sp³-hybridized carbons (Fsp3) is 0.286. The lowest BCUT2D eigenvalue weighted by molar-refractivity contribution is 0.785. The third kappa shape index (κ3) is 2.12. The van der Waals surface area contributed by atoms with Gasteiger partial charge in [0.15, 0.2) is 5.82 Å². The van der Waals surface area contributed by atoms with Crippen molar-refractivity contribution in [3.8, 4) is 11.5 Å². The molecule has 2 N–H and O–H groups in total. The summed E-state index contributed by atoms with van der Waals surface area (Å²) in [6.45, 7) is 4.80. The van der Waals surface area contributed by atoms with Gasteiger partial charge in [0.2, 0.25) is 0 Å². The molecular formula is C14H15ClN4S. The van der Waals surface area contributed by atoms with Gasteiger partial charge < -0.3 is 10.3 Å². The second-order valence-electron chi connectivity index (χ2n) is 4.65. The van der Waals surface area contributed by atoms with Gasteiger partial charge in [-0.1, -0.05) is 17.7 Å². The Labute approximate surface area is 126 Å². The fourth-order valence-corrected chi connectivity index (χ4v) is 3.27. The Morgan fingerprint density at radius 2 is 2.20 bits per heavy atom. The number of halogens is 1. The minimum atomic E-state index is -0.0585. The Balaban J connectivity index is 2.22. The molecule has 20 heavy (non-hydrogen) atoms. The first kappa shape index (κ1) is 13.5. The Kier molecular flexibility index (Phi) is 3.50. The average molecular weight is 307 g/mol. The number of imidazole rings is 1. The van der Waals surface area contributed by atoms with E-state index in [1.165, 1.54) is 0 Å². The maximum Gasteiger partial charge on any atom is 0.160 e. The molecule has 3 rings (SSSR count). The third-order valence-electron chi connectivity index (χ3n) is 3.17. The van der Waals surface area contributed by atoms with E-state index in [1.54, 1.807) is 11.3 Å². The molecule has 0 aliphatic carbocycles. The summed E-state index contributed by atoms with van der Waals surface area (Å²) in [7, 11) is 0. The van der Waals surface area contributed by atoms with Crippen LogP contribution in [0.2, 0.25) is 5.02 Å². The lowest BCUT2D eigenvalue weighted by Crippen LogP contribution is -2.04. The van der Waals surface area contributed by atoms with Gasteiger partial charge in [-0.15, -0.1) is 11.3 Å². The summed E-state index contributed by atoms with van der Waals surface area (Å²) >= 11 is 7.86. The molecule has 6 heteroatoms. The molecule has 2 aromatic heterocycles. The van der Waals surface area contributed by atoms with Crippen molar-refractivity contribution in [3.05, 3.63) is 33.6 Å². The predicted octanol–water partition coefficient (Wildman–Crippen LogP) is 3.85. The number of thiazole rings is 1. The van der Waals surface area contributed by atoms with Crippen LogP contribution in [-0.2, 0) is 6.54 Å². The van der Waals surface area contributed by atoms with E-state index in [4.69, 9.17) is 17.3 Å². The van der Waals surface area contributed by atoms with Crippen LogP contribution in [0, 0.1) is 0 Å². The lowest BCUT2D eigenvalue weighted by atomic mass is 10.3. The molecule has 0 saturated carbocycles. The molecule has 1 unspecified atom stereocenters. The zero-order valence-corrected chi connectivity index (χ0v) is 12.9. The van der Waals surface area contributed by atoms with Crippen LogP contribution < -0.4 is 5.73 Å². The number of benzene rings is 1. The molecule has 0 saturated heterocycles. The number of nitrogens with zero attached hydrogens (tertiary/aromatic N) is 3. The van der Waals surface area contributed by atoms with Crippen molar-refractivity contribution in [3.63, 3.8) is 0 Å². The van der Waals surface area contributed by atoms with Crippen molar-refractivity contribution in [2.24, 2.45) is 5.73 Å². The molecule has 4 nitrogen and oxygen atoms in total. The van der Waals surface area contributed by atoms with Crippen LogP contribution in [0.15, 0.2) is 23.6 Å². The van der Waals surface area contributed by atoms with Crippen LogP contribution in [0.4, 0.5) is 0 Å². The average Bonchev–Trinajstić information content (AvgIpc) is 3.03. The second-order valence-corrected chi connectivity index (χ2v) is 5.94. The Morgan fingerprint density at radius 3 is 2.85 bits per heavy atom. The standard InChI is InChI=1S/C14H15ClN4S/c1-3-19-12-9(15)5-4-6-10(12)17-13(19)11-7-20-14(18-11)8(2)16/h4-8H,3,16H2,1-2H3. The maximum atomic E-state index is 6.30. The molecule has 0 amide bonds. The van der Waals surface area contributed by atoms with Crippen molar-refractivity contribution in [1.29, 1.82) is 0 Å². The topological polar surface area (TPSA) is 56.7 Å². The number of nitrogens with two attached hydrogens (primary N) is 1. The summed E-state index contributed by atoms with van der Waals surface area (Å²) < 4.78 is 2.09. The van der Waals surface area contributed by atoms with Crippen LogP contribution >= 0.6 is 22.9 Å². The van der Waals surface area contributed by atoms with E-state index < -0.39 is 0 Å². The SMILES string of the molecule is CCn1c(-c2csc(C(C)N)n2)nc2cccc(Cl)c21. The lowest BCUT2D eigenvalue weighted by Gasteiger charge is -2.05. The monoisotopic (exact) mass is 306 g/mol. The predicted molar refractivity (Wildman–Crippen MR) is 84.1 cm³/mol. The molecule has 1 atom stereocenters. The number of para-hydroxylation sites is 1. The maximum absolute atomic E-state index is 6.30. The quantitative estimate of drug-likeness (QED) is 0.799. The first-order valence-electron chi connectivity index (χ1n) is 6.48. The van der Waals surface area contributed by atoms with Crippen LogP contribution in [0.5, 0.6) is 0 Å². The second kappa shape index (κ2) is 5.16. The molecule has 104 valence electrons. The minimum absolute atomic E-state index is 0.0585. The van der Waals surface area contributed by atoms with Gasteiger partial charge in [-0.05, 0) is 26.0 Å². The van der Waals surface area contributed by atoms with Crippen molar-refractivity contribution >= 4 is 34.0 Å². The van der Waals surface area contributed by atoms with Crippen molar-refractivity contribution in [2.75, 3.05) is 0 Å². The van der Waals surface area contributed by atoms with E-state index in [1.807, 2.05) is 30.5 Å². The van der Waals surface area contributed by atoms with Crippen LogP contribution in [0.1, 0.15) is 24.9 Å². The van der Waals surface area contributed by atoms with Crippen LogP contribution in [0.25, 0.3) is 22.6 Å². The Morgan fingerprint density at radius 1 is 1.40 bits per heavy atom. The summed E-state index contributed by atoms with van der Waals surface area (Å²) in [4.78, 5) is 9.25. The molecule has 0 spiro atoms. The molecule has 0 radical (unpaired) electrons. The summed E-state index contributed by atoms with van der Waals surface area (Å²) in [5, 5.41) is 3.63. The highest BCUT2D eigenvalue weighted by atomic mass is 35.5. The zero-order chi connectivity index (χ0) is 14.3. The highest BCUT2D eigenvalue weighted by molar-refractivity contribution is 7.10. The minimum Gasteiger partial charge on any atom is -0.322 e. The molecule has 1 aromatic carbocycles. The first-order valence-corrected chi connectivity index (χ1v) is 7.73. The molecule has 0 aliphatic heterocycles. The van der Waals surface area contributed by atoms with E-state index in [0.29, 0.717) is 5.02 Å². The summed E-state index contributed by atoms with van der Waals surface area (Å²) in [6, 6.07) is 5.71. The molecule has 0 aliphatic rings. The molecule has 0 fully saturated rings. The highest BCUT2D eigenvalue weighted by Crippen LogP contribution is 2.30. The molecular weight excluding hydrogens is 292 g/mol. The van der Waals surface area contributed by atoms with Gasteiger partial charge in [-0.2, -0.15) is 0 Å². The van der Waals surface area contributed by atoms with E-state index in [-0.39, 0.29) is 6.04 Å². The van der Waals surface area contributed by atoms with Crippen LogP contribution in [0.3, 0.4) is 0 Å². The number of fused-ring (bicyclic) bond motifs is 1. The van der Waals surface area contributed by atoms with Crippen molar-refractivity contribution in [2.45, 2.75) is 26.4 Å². The Bertz CT molecular complexity index is 760. The van der Waals surface area contributed by atoms with E-state index in [2.05, 4.69) is 21.5 Å². The van der Waals surface area contributed by atoms with Gasteiger partial charge in [0.05, 0.1) is 22.1 Å². The molecule has 3 aromatic rings. The van der Waals surface area contributed by atoms with E-state index >= 15 is 0 Å². The van der Waals surface area contributed by atoms with Gasteiger partial charge in [-0.3, -0.25) is 0 Å². The first-order chi connectivity index (χ1) is 9.61. The largest absolute Gasteiger partial charge is 0.322 e. The number of hydrogen-bond donors (Lipinski definition) is 1. The fourth-order valence-electron chi connectivity index (χ4n) is 2.24. The molecule has 0 bridgehead atoms. The van der Waals surface area contributed by atoms with Crippen LogP contribution in [-0.4, -0.2) is 14.5 Å².